The number of pyridine rings is 2. The molecule has 0 amide bonds. The third-order valence-corrected chi connectivity index (χ3v) is 5.78. The summed E-state index contributed by atoms with van der Waals surface area (Å²) in [6, 6.07) is 6.96. The van der Waals surface area contributed by atoms with Crippen molar-refractivity contribution in [1.29, 1.82) is 0 Å². The molecule has 35 heavy (non-hydrogen) atoms. The van der Waals surface area contributed by atoms with E-state index >= 15 is 0 Å². The smallest absolute Gasteiger partial charge is 0.386 e. The van der Waals surface area contributed by atoms with Crippen molar-refractivity contribution in [1.82, 2.24) is 14.9 Å². The van der Waals surface area contributed by atoms with Crippen LogP contribution in [0.1, 0.15) is 34.4 Å². The number of hydrogen-bond acceptors (Lipinski definition) is 5. The van der Waals surface area contributed by atoms with Crippen molar-refractivity contribution in [2.45, 2.75) is 24.5 Å². The lowest BCUT2D eigenvalue weighted by molar-refractivity contribution is -0.143. The molecule has 0 unspecified atom stereocenters. The van der Waals surface area contributed by atoms with Crippen molar-refractivity contribution < 1.29 is 36.2 Å². The molecule has 0 saturated carbocycles. The van der Waals surface area contributed by atoms with Gasteiger partial charge in [0.1, 0.15) is 6.10 Å². The van der Waals surface area contributed by atoms with Gasteiger partial charge in [-0.2, -0.15) is 26.3 Å². The number of ether oxygens (including phenoxy) is 1. The molecule has 2 aromatic heterocycles. The van der Waals surface area contributed by atoms with Gasteiger partial charge in [-0.15, -0.1) is 0 Å². The van der Waals surface area contributed by atoms with Gasteiger partial charge in [-0.25, -0.2) is 0 Å². The quantitative estimate of drug-likeness (QED) is 0.486. The van der Waals surface area contributed by atoms with E-state index in [0.29, 0.717) is 44.0 Å². The normalized spacial score (nSPS) is 17.2. The van der Waals surface area contributed by atoms with Crippen molar-refractivity contribution in [2.75, 3.05) is 26.3 Å². The summed E-state index contributed by atoms with van der Waals surface area (Å²) in [5.74, 6) is 0. The SMILES string of the molecule is O[C@H](c1cccnc1-c1cc(C(F)(F)F)cc(C(F)(F)F)c1)[C@H](c1cccnc1)N1CCOCC1. The van der Waals surface area contributed by atoms with Crippen LogP contribution >= 0.6 is 0 Å². The van der Waals surface area contributed by atoms with Gasteiger partial charge < -0.3 is 9.84 Å². The third kappa shape index (κ3) is 5.63. The number of aromatic nitrogens is 2. The fourth-order valence-electron chi connectivity index (χ4n) is 4.16. The molecule has 0 spiro atoms. The van der Waals surface area contributed by atoms with Crippen LogP contribution in [0.25, 0.3) is 11.3 Å². The highest BCUT2D eigenvalue weighted by molar-refractivity contribution is 5.66. The summed E-state index contributed by atoms with van der Waals surface area (Å²) in [7, 11) is 0. The minimum Gasteiger partial charge on any atom is -0.386 e. The zero-order valence-corrected chi connectivity index (χ0v) is 18.2. The molecule has 1 fully saturated rings. The maximum Gasteiger partial charge on any atom is 0.416 e. The van der Waals surface area contributed by atoms with Crippen molar-refractivity contribution >= 4 is 0 Å². The first-order valence-electron chi connectivity index (χ1n) is 10.7. The van der Waals surface area contributed by atoms with Crippen LogP contribution in [0, 0.1) is 0 Å². The van der Waals surface area contributed by atoms with E-state index in [0.717, 1.165) is 0 Å². The first-order valence-corrected chi connectivity index (χ1v) is 10.7. The van der Waals surface area contributed by atoms with E-state index in [1.54, 1.807) is 24.5 Å². The highest BCUT2D eigenvalue weighted by Gasteiger charge is 2.38. The monoisotopic (exact) mass is 497 g/mol. The average Bonchev–Trinajstić information content (AvgIpc) is 2.84. The molecule has 0 radical (unpaired) electrons. The Bertz CT molecular complexity index is 1120. The molecule has 0 bridgehead atoms. The molecule has 1 aliphatic rings. The van der Waals surface area contributed by atoms with Gasteiger partial charge in [0, 0.05) is 42.8 Å². The first kappa shape index (κ1) is 25.1. The number of aliphatic hydroxyl groups excluding tert-OH is 1. The van der Waals surface area contributed by atoms with Crippen LogP contribution in [0.5, 0.6) is 0 Å². The second-order valence-corrected chi connectivity index (χ2v) is 8.06. The van der Waals surface area contributed by atoms with Gasteiger partial charge in [0.05, 0.1) is 36.1 Å². The largest absolute Gasteiger partial charge is 0.416 e. The second kappa shape index (κ2) is 9.92. The molecule has 5 nitrogen and oxygen atoms in total. The van der Waals surface area contributed by atoms with Gasteiger partial charge in [-0.3, -0.25) is 14.9 Å². The number of aliphatic hydroxyl groups is 1. The number of alkyl halides is 6. The fourth-order valence-corrected chi connectivity index (χ4v) is 4.16. The Kier molecular flexibility index (Phi) is 7.11. The van der Waals surface area contributed by atoms with Crippen molar-refractivity contribution in [3.05, 3.63) is 83.3 Å². The van der Waals surface area contributed by atoms with E-state index in [9.17, 15) is 31.4 Å². The lowest BCUT2D eigenvalue weighted by Gasteiger charge is -2.37. The summed E-state index contributed by atoms with van der Waals surface area (Å²) in [5.41, 5.74) is -2.74. The van der Waals surface area contributed by atoms with Crippen molar-refractivity contribution in [3.8, 4) is 11.3 Å². The Balaban J connectivity index is 1.84. The molecule has 2 atom stereocenters. The van der Waals surface area contributed by atoms with Gasteiger partial charge in [0.15, 0.2) is 0 Å². The van der Waals surface area contributed by atoms with Crippen LogP contribution in [-0.2, 0) is 17.1 Å². The Labute approximate surface area is 197 Å². The average molecular weight is 497 g/mol. The molecule has 3 heterocycles. The number of nitrogens with zero attached hydrogens (tertiary/aromatic N) is 3. The minimum absolute atomic E-state index is 0.0642. The lowest BCUT2D eigenvalue weighted by atomic mass is 9.91. The van der Waals surface area contributed by atoms with Crippen LogP contribution in [-0.4, -0.2) is 46.3 Å². The number of morpholine rings is 1. The van der Waals surface area contributed by atoms with E-state index < -0.39 is 41.2 Å². The summed E-state index contributed by atoms with van der Waals surface area (Å²) in [5, 5.41) is 11.5. The molecule has 1 aromatic carbocycles. The highest BCUT2D eigenvalue weighted by atomic mass is 19.4. The predicted octanol–water partition coefficient (Wildman–Crippen LogP) is 5.29. The highest BCUT2D eigenvalue weighted by Crippen LogP contribution is 2.42. The van der Waals surface area contributed by atoms with Gasteiger partial charge in [0.25, 0.3) is 0 Å². The molecule has 3 aromatic rings. The number of benzene rings is 1. The molecule has 4 rings (SSSR count). The summed E-state index contributed by atoms with van der Waals surface area (Å²) < 4.78 is 86.0. The van der Waals surface area contributed by atoms with Crippen LogP contribution < -0.4 is 0 Å². The zero-order chi connectivity index (χ0) is 25.2. The van der Waals surface area contributed by atoms with E-state index in [2.05, 4.69) is 9.97 Å². The van der Waals surface area contributed by atoms with Crippen molar-refractivity contribution in [2.24, 2.45) is 0 Å². The lowest BCUT2D eigenvalue weighted by Crippen LogP contribution is -2.41. The Hall–Kier alpha value is -3.02. The van der Waals surface area contributed by atoms with Gasteiger partial charge >= 0.3 is 12.4 Å². The van der Waals surface area contributed by atoms with E-state index in [1.807, 2.05) is 4.90 Å². The summed E-state index contributed by atoms with van der Waals surface area (Å²) in [6.45, 7) is 1.75. The third-order valence-electron chi connectivity index (χ3n) is 5.78. The standard InChI is InChI=1S/C24H21F6N3O2/c25-23(26,27)17-11-16(12-18(13-17)24(28,29)30)20-19(4-2-6-32-20)22(34)21(15-3-1-5-31-14-15)33-7-9-35-10-8-33/h1-6,11-14,21-22,34H,7-10H2/t21-,22+/m0/s1. The Morgan fingerprint density at radius 2 is 1.51 bits per heavy atom. The minimum atomic E-state index is -5.00. The summed E-state index contributed by atoms with van der Waals surface area (Å²) in [4.78, 5) is 10.1. The van der Waals surface area contributed by atoms with Crippen LogP contribution in [0.2, 0.25) is 0 Å². The summed E-state index contributed by atoms with van der Waals surface area (Å²) >= 11 is 0. The molecule has 11 heteroatoms. The van der Waals surface area contributed by atoms with Crippen LogP contribution in [0.4, 0.5) is 26.3 Å². The topological polar surface area (TPSA) is 58.5 Å². The van der Waals surface area contributed by atoms with E-state index in [-0.39, 0.29) is 17.3 Å². The van der Waals surface area contributed by atoms with Gasteiger partial charge in [-0.05, 0) is 35.9 Å². The predicted molar refractivity (Wildman–Crippen MR) is 114 cm³/mol. The maximum absolute atomic E-state index is 13.4. The Morgan fingerprint density at radius 3 is 2.09 bits per heavy atom. The van der Waals surface area contributed by atoms with Gasteiger partial charge in [-0.1, -0.05) is 12.1 Å². The molecular formula is C24H21F6N3O2. The second-order valence-electron chi connectivity index (χ2n) is 8.06. The van der Waals surface area contributed by atoms with Crippen LogP contribution in [0.3, 0.4) is 0 Å². The van der Waals surface area contributed by atoms with E-state index in [1.165, 1.54) is 18.3 Å². The number of halogens is 6. The van der Waals surface area contributed by atoms with E-state index in [4.69, 9.17) is 4.74 Å². The maximum atomic E-state index is 13.4. The summed E-state index contributed by atoms with van der Waals surface area (Å²) in [6.07, 6.45) is -6.96. The molecule has 1 saturated heterocycles. The number of hydrogen-bond donors (Lipinski definition) is 1. The molecule has 0 aliphatic carbocycles. The zero-order valence-electron chi connectivity index (χ0n) is 18.2. The number of rotatable bonds is 5. The van der Waals surface area contributed by atoms with Crippen molar-refractivity contribution in [3.63, 3.8) is 0 Å². The van der Waals surface area contributed by atoms with Gasteiger partial charge in [0.2, 0.25) is 0 Å². The molecule has 186 valence electrons. The fraction of sp³-hybridized carbons (Fsp3) is 0.333. The molecule has 1 N–H and O–H groups in total. The molecule has 1 aliphatic heterocycles. The van der Waals surface area contributed by atoms with Crippen LogP contribution in [0.15, 0.2) is 61.1 Å². The Morgan fingerprint density at radius 1 is 0.886 bits per heavy atom. The molecular weight excluding hydrogens is 476 g/mol. The first-order chi connectivity index (χ1) is 16.6.